The highest BCUT2D eigenvalue weighted by atomic mass is 15.0. The van der Waals surface area contributed by atoms with E-state index in [1.807, 2.05) is 27.1 Å². The van der Waals surface area contributed by atoms with Crippen LogP contribution in [0, 0.1) is 5.92 Å². The van der Waals surface area contributed by atoms with E-state index in [2.05, 4.69) is 71.3 Å². The molecular formula is C29H38N4. The van der Waals surface area contributed by atoms with Crippen LogP contribution in [0.2, 0.25) is 0 Å². The molecule has 33 heavy (non-hydrogen) atoms. The fraction of sp³-hybridized carbons (Fsp3) is 0.414. The lowest BCUT2D eigenvalue weighted by atomic mass is 9.87. The monoisotopic (exact) mass is 442 g/mol. The Morgan fingerprint density at radius 1 is 1.15 bits per heavy atom. The molecule has 0 radical (unpaired) electrons. The smallest absolute Gasteiger partial charge is 0.134 e. The Labute approximate surface area is 199 Å². The molecule has 0 saturated heterocycles. The summed E-state index contributed by atoms with van der Waals surface area (Å²) >= 11 is 0. The van der Waals surface area contributed by atoms with Gasteiger partial charge < -0.3 is 5.32 Å². The predicted molar refractivity (Wildman–Crippen MR) is 145 cm³/mol. The lowest BCUT2D eigenvalue weighted by molar-refractivity contribution is 0.361. The van der Waals surface area contributed by atoms with E-state index < -0.39 is 0 Å². The Morgan fingerprint density at radius 2 is 1.91 bits per heavy atom. The first-order valence-corrected chi connectivity index (χ1v) is 12.0. The number of anilines is 1. The summed E-state index contributed by atoms with van der Waals surface area (Å²) in [7, 11) is 3.64. The van der Waals surface area contributed by atoms with Crippen LogP contribution in [0.1, 0.15) is 64.0 Å². The average molecular weight is 443 g/mol. The van der Waals surface area contributed by atoms with E-state index >= 15 is 0 Å². The Balaban J connectivity index is 1.98. The molecule has 1 aliphatic carbocycles. The SMILES string of the molecule is C=C(CC(C)=NC)c1ccc(-c2cccc(/C(C=NC)=C/C)c2)nc1NC1CCC(C)CC1. The van der Waals surface area contributed by atoms with E-state index in [1.54, 1.807) is 7.05 Å². The van der Waals surface area contributed by atoms with E-state index in [0.29, 0.717) is 6.04 Å². The summed E-state index contributed by atoms with van der Waals surface area (Å²) in [5.74, 6) is 1.75. The van der Waals surface area contributed by atoms with Gasteiger partial charge in [-0.2, -0.15) is 0 Å². The summed E-state index contributed by atoms with van der Waals surface area (Å²) in [4.78, 5) is 13.6. The van der Waals surface area contributed by atoms with Gasteiger partial charge in [0.05, 0.1) is 5.69 Å². The van der Waals surface area contributed by atoms with Crippen LogP contribution in [0.5, 0.6) is 0 Å². The highest BCUT2D eigenvalue weighted by Gasteiger charge is 2.20. The van der Waals surface area contributed by atoms with Crippen LogP contribution in [0.15, 0.2) is 59.0 Å². The molecule has 1 aromatic carbocycles. The van der Waals surface area contributed by atoms with Gasteiger partial charge in [0.25, 0.3) is 0 Å². The number of rotatable bonds is 8. The Morgan fingerprint density at radius 3 is 2.58 bits per heavy atom. The third-order valence-corrected chi connectivity index (χ3v) is 6.55. The molecular weight excluding hydrogens is 404 g/mol. The zero-order valence-corrected chi connectivity index (χ0v) is 20.9. The van der Waals surface area contributed by atoms with Gasteiger partial charge >= 0.3 is 0 Å². The van der Waals surface area contributed by atoms with Crippen LogP contribution in [0.4, 0.5) is 5.82 Å². The maximum absolute atomic E-state index is 5.12. The van der Waals surface area contributed by atoms with Crippen LogP contribution in [0.3, 0.4) is 0 Å². The zero-order valence-electron chi connectivity index (χ0n) is 20.9. The first-order valence-electron chi connectivity index (χ1n) is 12.0. The van der Waals surface area contributed by atoms with Crippen LogP contribution >= 0.6 is 0 Å². The van der Waals surface area contributed by atoms with E-state index in [0.717, 1.165) is 57.4 Å². The standard InChI is InChI=1S/C29H38N4/c1-7-23(19-30-5)24-9-8-10-25(18-24)28-16-15-27(21(3)17-22(4)31-6)29(33-28)32-26-13-11-20(2)12-14-26/h7-10,15-16,18-20,26H,3,11-14,17H2,1-2,4-6H3,(H,32,33)/b23-7+,30-19?,31-22?. The molecule has 1 saturated carbocycles. The van der Waals surface area contributed by atoms with Gasteiger partial charge in [0.2, 0.25) is 0 Å². The summed E-state index contributed by atoms with van der Waals surface area (Å²) in [6, 6.07) is 13.2. The number of allylic oxidation sites excluding steroid dienone is 3. The summed E-state index contributed by atoms with van der Waals surface area (Å²) < 4.78 is 0. The molecule has 0 atom stereocenters. The minimum Gasteiger partial charge on any atom is -0.367 e. The number of benzene rings is 1. The third-order valence-electron chi connectivity index (χ3n) is 6.55. The molecule has 0 aliphatic heterocycles. The summed E-state index contributed by atoms with van der Waals surface area (Å²) in [6.07, 6.45) is 9.64. The van der Waals surface area contributed by atoms with Gasteiger partial charge in [-0.15, -0.1) is 0 Å². The van der Waals surface area contributed by atoms with E-state index in [-0.39, 0.29) is 0 Å². The van der Waals surface area contributed by atoms with Crippen molar-refractivity contribution in [1.82, 2.24) is 4.98 Å². The van der Waals surface area contributed by atoms with Crippen molar-refractivity contribution in [2.75, 3.05) is 19.4 Å². The minimum absolute atomic E-state index is 0.457. The van der Waals surface area contributed by atoms with E-state index in [9.17, 15) is 0 Å². The predicted octanol–water partition coefficient (Wildman–Crippen LogP) is 7.34. The molecule has 174 valence electrons. The number of pyridine rings is 1. The number of nitrogens with zero attached hydrogens (tertiary/aromatic N) is 3. The largest absolute Gasteiger partial charge is 0.367 e. The summed E-state index contributed by atoms with van der Waals surface area (Å²) in [5.41, 5.74) is 7.52. The van der Waals surface area contributed by atoms with Crippen LogP contribution in [0.25, 0.3) is 22.4 Å². The number of aliphatic imine (C=N–C) groups is 2. The fourth-order valence-corrected chi connectivity index (χ4v) is 4.41. The second-order valence-corrected chi connectivity index (χ2v) is 9.15. The molecule has 4 nitrogen and oxygen atoms in total. The lowest BCUT2D eigenvalue weighted by Crippen LogP contribution is -2.26. The summed E-state index contributed by atoms with van der Waals surface area (Å²) in [5, 5.41) is 3.78. The third kappa shape index (κ3) is 6.50. The van der Waals surface area contributed by atoms with Crippen molar-refractivity contribution >= 4 is 28.9 Å². The Hall–Kier alpha value is -3.01. The highest BCUT2D eigenvalue weighted by molar-refractivity contribution is 6.09. The number of nitrogens with one attached hydrogen (secondary N) is 1. The van der Waals surface area contributed by atoms with Gasteiger partial charge in [0.1, 0.15) is 5.82 Å². The van der Waals surface area contributed by atoms with Crippen molar-refractivity contribution in [2.45, 2.75) is 58.9 Å². The van der Waals surface area contributed by atoms with E-state index in [1.165, 1.54) is 25.7 Å². The van der Waals surface area contributed by atoms with Crippen molar-refractivity contribution in [3.63, 3.8) is 0 Å². The first-order chi connectivity index (χ1) is 15.9. The second-order valence-electron chi connectivity index (χ2n) is 9.15. The van der Waals surface area contributed by atoms with Crippen molar-refractivity contribution in [1.29, 1.82) is 0 Å². The Bertz CT molecular complexity index is 1050. The van der Waals surface area contributed by atoms with Gasteiger partial charge in [0, 0.05) is 49.6 Å². The molecule has 0 bridgehead atoms. The molecule has 1 fully saturated rings. The molecule has 4 heteroatoms. The summed E-state index contributed by atoms with van der Waals surface area (Å²) in [6.45, 7) is 10.8. The molecule has 1 N–H and O–H groups in total. The average Bonchev–Trinajstić information content (AvgIpc) is 2.83. The number of hydrogen-bond donors (Lipinski definition) is 1. The molecule has 3 rings (SSSR count). The lowest BCUT2D eigenvalue weighted by Gasteiger charge is -2.28. The highest BCUT2D eigenvalue weighted by Crippen LogP contribution is 2.32. The van der Waals surface area contributed by atoms with Crippen LogP contribution in [-0.2, 0) is 0 Å². The van der Waals surface area contributed by atoms with Gasteiger partial charge in [-0.3, -0.25) is 9.98 Å². The minimum atomic E-state index is 0.457. The number of hydrogen-bond acceptors (Lipinski definition) is 4. The van der Waals surface area contributed by atoms with Crippen molar-refractivity contribution in [2.24, 2.45) is 15.9 Å². The molecule has 0 unspecified atom stereocenters. The molecule has 1 aliphatic rings. The maximum Gasteiger partial charge on any atom is 0.134 e. The van der Waals surface area contributed by atoms with Crippen molar-refractivity contribution in [3.8, 4) is 11.3 Å². The zero-order chi connectivity index (χ0) is 23.8. The van der Waals surface area contributed by atoms with E-state index in [4.69, 9.17) is 4.98 Å². The molecule has 1 heterocycles. The molecule has 2 aromatic rings. The number of aromatic nitrogens is 1. The second kappa shape index (κ2) is 11.7. The van der Waals surface area contributed by atoms with Crippen LogP contribution in [-0.4, -0.2) is 37.0 Å². The van der Waals surface area contributed by atoms with Gasteiger partial charge in [-0.05, 0) is 80.4 Å². The van der Waals surface area contributed by atoms with Gasteiger partial charge in [0.15, 0.2) is 0 Å². The fourth-order valence-electron chi connectivity index (χ4n) is 4.41. The van der Waals surface area contributed by atoms with Crippen molar-refractivity contribution in [3.05, 3.63) is 60.2 Å². The quantitative estimate of drug-likeness (QED) is 0.435. The van der Waals surface area contributed by atoms with Gasteiger partial charge in [-0.25, -0.2) is 4.98 Å². The molecule has 0 amide bonds. The Kier molecular flexibility index (Phi) is 8.76. The molecule has 0 spiro atoms. The van der Waals surface area contributed by atoms with Crippen LogP contribution < -0.4 is 5.32 Å². The van der Waals surface area contributed by atoms with Gasteiger partial charge in [-0.1, -0.05) is 37.8 Å². The maximum atomic E-state index is 5.12. The van der Waals surface area contributed by atoms with Crippen molar-refractivity contribution < 1.29 is 0 Å². The normalized spacial score (nSPS) is 19.7. The topological polar surface area (TPSA) is 49.6 Å². The molecule has 1 aromatic heterocycles. The first kappa shape index (κ1) is 24.6.